The molecule has 1 aromatic carbocycles. The van der Waals surface area contributed by atoms with Crippen LogP contribution >= 0.6 is 11.8 Å². The molecular formula is C24H9F3N8S. The highest BCUT2D eigenvalue weighted by Crippen LogP contribution is 2.40. The molecule has 0 spiro atoms. The molecule has 0 aliphatic heterocycles. The van der Waals surface area contributed by atoms with Crippen LogP contribution in [0.3, 0.4) is 0 Å². The van der Waals surface area contributed by atoms with Gasteiger partial charge in [0, 0.05) is 52.4 Å². The van der Waals surface area contributed by atoms with Crippen molar-refractivity contribution < 1.29 is 13.2 Å². The minimum atomic E-state index is -4.57. The van der Waals surface area contributed by atoms with Gasteiger partial charge in [0.1, 0.15) is 5.03 Å². The Morgan fingerprint density at radius 2 is 1.44 bits per heavy atom. The monoisotopic (exact) mass is 498 g/mol. The summed E-state index contributed by atoms with van der Waals surface area (Å²) in [6.07, 6.45) is 2.70. The van der Waals surface area contributed by atoms with Gasteiger partial charge < -0.3 is 0 Å². The molecule has 36 heavy (non-hydrogen) atoms. The Bertz CT molecular complexity index is 1780. The summed E-state index contributed by atoms with van der Waals surface area (Å²) in [4.78, 5) is 24.2. The van der Waals surface area contributed by atoms with Gasteiger partial charge >= 0.3 is 5.51 Å². The zero-order chi connectivity index (χ0) is 25.8. The van der Waals surface area contributed by atoms with Crippen LogP contribution in [-0.2, 0) is 12.8 Å². The normalized spacial score (nSPS) is 14.2. The van der Waals surface area contributed by atoms with Gasteiger partial charge in [-0.1, -0.05) is 0 Å². The van der Waals surface area contributed by atoms with Crippen molar-refractivity contribution in [1.29, 1.82) is 10.5 Å². The van der Waals surface area contributed by atoms with E-state index in [9.17, 15) is 23.7 Å². The number of hydrogen-bond donors (Lipinski definition) is 0. The van der Waals surface area contributed by atoms with Crippen LogP contribution < -0.4 is 10.4 Å². The van der Waals surface area contributed by atoms with Gasteiger partial charge in [0.15, 0.2) is 0 Å². The van der Waals surface area contributed by atoms with E-state index in [4.69, 9.17) is 13.1 Å². The maximum atomic E-state index is 12.9. The number of aryl methyl sites for hydroxylation is 1. The van der Waals surface area contributed by atoms with Crippen LogP contribution in [0.5, 0.6) is 0 Å². The molecule has 0 amide bonds. The van der Waals surface area contributed by atoms with Crippen molar-refractivity contribution in [1.82, 2.24) is 19.9 Å². The van der Waals surface area contributed by atoms with Gasteiger partial charge in [-0.15, -0.1) is 0 Å². The Hall–Kier alpha value is -4.78. The van der Waals surface area contributed by atoms with Crippen molar-refractivity contribution in [3.8, 4) is 34.7 Å². The molecule has 0 radical (unpaired) electrons. The fourth-order valence-electron chi connectivity index (χ4n) is 4.63. The first-order valence-electron chi connectivity index (χ1n) is 10.2. The van der Waals surface area contributed by atoms with Crippen molar-refractivity contribution in [2.45, 2.75) is 30.3 Å². The molecule has 0 saturated heterocycles. The van der Waals surface area contributed by atoms with E-state index < -0.39 is 17.3 Å². The van der Waals surface area contributed by atoms with Crippen molar-refractivity contribution in [3.63, 3.8) is 0 Å². The standard InChI is InChI=1S/C24H9F3N8S/c1-10-8-32-22-13(34-10)4-11-18(15(6-28)30-2)12-5-14-23(33-9-17(35-14)36-24(25,26)27)20(12)21(19(11)22)16(7-29)31-3/h8-9H,4-5H2,1H3/b18-15+,21-16+. The zero-order valence-electron chi connectivity index (χ0n) is 18.2. The van der Waals surface area contributed by atoms with E-state index >= 15 is 0 Å². The number of halogens is 3. The maximum absolute atomic E-state index is 12.9. The second-order valence-corrected chi connectivity index (χ2v) is 8.90. The van der Waals surface area contributed by atoms with Crippen LogP contribution in [0.2, 0.25) is 0 Å². The molecule has 2 aliphatic rings. The van der Waals surface area contributed by atoms with E-state index in [0.717, 1.165) is 6.20 Å². The molecule has 3 aromatic rings. The molecule has 0 bridgehead atoms. The molecule has 0 fully saturated rings. The summed E-state index contributed by atoms with van der Waals surface area (Å²) in [7, 11) is 0. The molecule has 0 saturated carbocycles. The van der Waals surface area contributed by atoms with Crippen molar-refractivity contribution in [2.75, 3.05) is 0 Å². The molecule has 0 atom stereocenters. The SMILES string of the molecule is [C-]#[N+]/C(C#N)=c1\c2c(/c(=C(/C#N)[N+]#[C-])c3c1Cc1nc(SC(F)(F)F)cnc1-3)-c1ncc(C)nc1C2. The van der Waals surface area contributed by atoms with Crippen LogP contribution in [-0.4, -0.2) is 25.4 Å². The van der Waals surface area contributed by atoms with Crippen LogP contribution in [0.1, 0.15) is 28.2 Å². The number of alkyl halides is 3. The molecule has 2 heterocycles. The Morgan fingerprint density at radius 3 is 1.97 bits per heavy atom. The van der Waals surface area contributed by atoms with Gasteiger partial charge in [0.05, 0.1) is 59.9 Å². The van der Waals surface area contributed by atoms with Gasteiger partial charge in [0.25, 0.3) is 11.4 Å². The van der Waals surface area contributed by atoms with E-state index in [0.29, 0.717) is 44.6 Å². The minimum absolute atomic E-state index is 0.0207. The number of thioether (sulfide) groups is 1. The van der Waals surface area contributed by atoms with Crippen LogP contribution in [0.25, 0.3) is 43.6 Å². The van der Waals surface area contributed by atoms with Crippen molar-refractivity contribution in [3.05, 3.63) is 73.9 Å². The summed E-state index contributed by atoms with van der Waals surface area (Å²) in [5, 5.41) is 19.7. The first-order valence-corrected chi connectivity index (χ1v) is 11.0. The molecular weight excluding hydrogens is 489 g/mol. The topological polar surface area (TPSA) is 108 Å². The first kappa shape index (κ1) is 23.0. The molecule has 12 heteroatoms. The number of aromatic nitrogens is 4. The number of rotatable bonds is 1. The summed E-state index contributed by atoms with van der Waals surface area (Å²) in [6, 6.07) is 3.81. The maximum Gasteiger partial charge on any atom is 0.447 e. The Labute approximate surface area is 205 Å². The third-order valence-corrected chi connectivity index (χ3v) is 6.42. The summed E-state index contributed by atoms with van der Waals surface area (Å²) in [5.74, 6) is 0. The van der Waals surface area contributed by atoms with Gasteiger partial charge in [-0.2, -0.15) is 13.2 Å². The predicted octanol–water partition coefficient (Wildman–Crippen LogP) is 3.43. The number of fused-ring (bicyclic) bond motifs is 6. The Balaban J connectivity index is 1.99. The van der Waals surface area contributed by atoms with E-state index in [1.54, 1.807) is 6.92 Å². The van der Waals surface area contributed by atoms with Crippen LogP contribution in [0.4, 0.5) is 13.2 Å². The second-order valence-electron chi connectivity index (χ2n) is 7.81. The van der Waals surface area contributed by atoms with Crippen molar-refractivity contribution >= 4 is 23.2 Å². The highest BCUT2D eigenvalue weighted by Gasteiger charge is 2.36. The van der Waals surface area contributed by atoms with Gasteiger partial charge in [-0.25, -0.2) is 25.2 Å². The number of nitrogens with zero attached hydrogens (tertiary/aromatic N) is 8. The second kappa shape index (κ2) is 8.16. The van der Waals surface area contributed by atoms with E-state index in [1.807, 2.05) is 12.1 Å². The molecule has 0 N–H and O–H groups in total. The zero-order valence-corrected chi connectivity index (χ0v) is 19.0. The highest BCUT2D eigenvalue weighted by atomic mass is 32.2. The summed E-state index contributed by atoms with van der Waals surface area (Å²) in [6.45, 7) is 17.0. The van der Waals surface area contributed by atoms with Gasteiger partial charge in [-0.05, 0) is 18.1 Å². The first-order chi connectivity index (χ1) is 17.2. The highest BCUT2D eigenvalue weighted by molar-refractivity contribution is 8.00. The average molecular weight is 498 g/mol. The number of hydrogen-bond acceptors (Lipinski definition) is 7. The minimum Gasteiger partial charge on any atom is -0.254 e. The van der Waals surface area contributed by atoms with E-state index in [1.165, 1.54) is 6.20 Å². The fourth-order valence-corrected chi connectivity index (χ4v) is 5.13. The number of nitriles is 2. The Kier molecular flexibility index (Phi) is 5.21. The Morgan fingerprint density at radius 1 is 0.917 bits per heavy atom. The lowest BCUT2D eigenvalue weighted by Crippen LogP contribution is -2.26. The lowest BCUT2D eigenvalue weighted by Gasteiger charge is -2.12. The molecule has 2 aliphatic carbocycles. The van der Waals surface area contributed by atoms with Crippen LogP contribution in [0.15, 0.2) is 17.4 Å². The van der Waals surface area contributed by atoms with E-state index in [-0.39, 0.29) is 45.9 Å². The lowest BCUT2D eigenvalue weighted by molar-refractivity contribution is -0.0329. The van der Waals surface area contributed by atoms with Crippen molar-refractivity contribution in [2.24, 2.45) is 0 Å². The average Bonchev–Trinajstić information content (AvgIpc) is 3.38. The smallest absolute Gasteiger partial charge is 0.254 e. The summed E-state index contributed by atoms with van der Waals surface area (Å²) >= 11 is -0.406. The molecule has 5 rings (SSSR count). The summed E-state index contributed by atoms with van der Waals surface area (Å²) < 4.78 is 38.8. The molecule has 8 nitrogen and oxygen atoms in total. The van der Waals surface area contributed by atoms with E-state index in [2.05, 4.69) is 29.6 Å². The third-order valence-electron chi connectivity index (χ3n) is 5.79. The fraction of sp³-hybridized carbons (Fsp3) is 0.167. The molecule has 0 unspecified atom stereocenters. The number of benzene rings is 1. The van der Waals surface area contributed by atoms with Gasteiger partial charge in [0.2, 0.25) is 0 Å². The van der Waals surface area contributed by atoms with Crippen LogP contribution in [0, 0.1) is 42.7 Å². The quantitative estimate of drug-likeness (QED) is 0.257. The summed E-state index contributed by atoms with van der Waals surface area (Å²) in [5.41, 5.74) is -1.39. The molecule has 172 valence electrons. The lowest BCUT2D eigenvalue weighted by atomic mass is 9.92. The predicted molar refractivity (Wildman–Crippen MR) is 121 cm³/mol. The largest absolute Gasteiger partial charge is 0.447 e. The van der Waals surface area contributed by atoms with Gasteiger partial charge in [-0.3, -0.25) is 15.0 Å². The third kappa shape index (κ3) is 3.44. The molecule has 2 aromatic heterocycles.